The highest BCUT2D eigenvalue weighted by Crippen LogP contribution is 2.16. The molecule has 2 atom stereocenters. The molecule has 1 fully saturated rings. The van der Waals surface area contributed by atoms with Gasteiger partial charge in [-0.3, -0.25) is 4.79 Å². The molecule has 0 saturated carbocycles. The zero-order valence-corrected chi connectivity index (χ0v) is 11.7. The molecule has 6 nitrogen and oxygen atoms in total. The minimum atomic E-state index is -0.784. The molecule has 0 bridgehead atoms. The van der Waals surface area contributed by atoms with Crippen molar-refractivity contribution in [2.45, 2.75) is 26.2 Å². The van der Waals surface area contributed by atoms with Gasteiger partial charge < -0.3 is 20.1 Å². The van der Waals surface area contributed by atoms with E-state index < -0.39 is 5.97 Å². The number of methoxy groups -OCH3 is 1. The molecule has 0 radical (unpaired) electrons. The minimum absolute atomic E-state index is 0.0541. The van der Waals surface area contributed by atoms with Crippen LogP contribution in [0.15, 0.2) is 0 Å². The first-order chi connectivity index (χ1) is 9.04. The summed E-state index contributed by atoms with van der Waals surface area (Å²) < 4.78 is 5.09. The SMILES string of the molecule is COCC1CCN(C(=O)NCCCC(C)C(=O)O)C1. The molecular weight excluding hydrogens is 248 g/mol. The Balaban J connectivity index is 2.13. The molecule has 0 aromatic carbocycles. The largest absolute Gasteiger partial charge is 0.481 e. The van der Waals surface area contributed by atoms with Crippen molar-refractivity contribution in [2.75, 3.05) is 33.4 Å². The van der Waals surface area contributed by atoms with Crippen molar-refractivity contribution in [1.82, 2.24) is 10.2 Å². The monoisotopic (exact) mass is 272 g/mol. The summed E-state index contributed by atoms with van der Waals surface area (Å²) >= 11 is 0. The predicted molar refractivity (Wildman–Crippen MR) is 71.0 cm³/mol. The van der Waals surface area contributed by atoms with Crippen LogP contribution >= 0.6 is 0 Å². The Morgan fingerprint density at radius 3 is 2.89 bits per heavy atom. The molecule has 0 spiro atoms. The lowest BCUT2D eigenvalue weighted by Crippen LogP contribution is -2.39. The van der Waals surface area contributed by atoms with E-state index in [1.807, 2.05) is 0 Å². The van der Waals surface area contributed by atoms with Crippen molar-refractivity contribution in [1.29, 1.82) is 0 Å². The Morgan fingerprint density at radius 2 is 2.26 bits per heavy atom. The lowest BCUT2D eigenvalue weighted by atomic mass is 10.1. The van der Waals surface area contributed by atoms with Crippen LogP contribution in [0.4, 0.5) is 4.79 Å². The number of carboxylic acids is 1. The van der Waals surface area contributed by atoms with Gasteiger partial charge in [0.1, 0.15) is 0 Å². The van der Waals surface area contributed by atoms with Crippen LogP contribution in [0, 0.1) is 11.8 Å². The average molecular weight is 272 g/mol. The number of carbonyl (C=O) groups is 2. The summed E-state index contributed by atoms with van der Waals surface area (Å²) in [7, 11) is 1.67. The van der Waals surface area contributed by atoms with Crippen LogP contribution in [-0.2, 0) is 9.53 Å². The maximum absolute atomic E-state index is 11.8. The van der Waals surface area contributed by atoms with Crippen LogP contribution in [0.2, 0.25) is 0 Å². The summed E-state index contributed by atoms with van der Waals surface area (Å²) in [6, 6.07) is -0.0541. The van der Waals surface area contributed by atoms with Crippen molar-refractivity contribution in [2.24, 2.45) is 11.8 Å². The van der Waals surface area contributed by atoms with Crippen LogP contribution in [0.5, 0.6) is 0 Å². The minimum Gasteiger partial charge on any atom is -0.481 e. The van der Waals surface area contributed by atoms with E-state index in [-0.39, 0.29) is 11.9 Å². The fraction of sp³-hybridized carbons (Fsp3) is 0.846. The first-order valence-electron chi connectivity index (χ1n) is 6.79. The quantitative estimate of drug-likeness (QED) is 0.682. The topological polar surface area (TPSA) is 78.9 Å². The summed E-state index contributed by atoms with van der Waals surface area (Å²) in [5.74, 6) is -0.703. The molecule has 2 amide bonds. The lowest BCUT2D eigenvalue weighted by Gasteiger charge is -2.17. The lowest BCUT2D eigenvalue weighted by molar-refractivity contribution is -0.141. The summed E-state index contributed by atoms with van der Waals surface area (Å²) in [6.07, 6.45) is 2.26. The number of amides is 2. The number of carboxylic acid groups (broad SMARTS) is 1. The number of hydrogen-bond donors (Lipinski definition) is 2. The smallest absolute Gasteiger partial charge is 0.317 e. The number of aliphatic carboxylic acids is 1. The number of hydrogen-bond acceptors (Lipinski definition) is 3. The van der Waals surface area contributed by atoms with Crippen LogP contribution in [0.25, 0.3) is 0 Å². The molecule has 0 aromatic heterocycles. The predicted octanol–water partition coefficient (Wildman–Crippen LogP) is 1.17. The normalized spacial score (nSPS) is 20.3. The van der Waals surface area contributed by atoms with E-state index in [0.717, 1.165) is 19.5 Å². The fourth-order valence-corrected chi connectivity index (χ4v) is 2.23. The molecule has 1 rings (SSSR count). The Morgan fingerprint density at radius 1 is 1.53 bits per heavy atom. The van der Waals surface area contributed by atoms with Gasteiger partial charge in [0.15, 0.2) is 0 Å². The Bertz CT molecular complexity index is 309. The van der Waals surface area contributed by atoms with Gasteiger partial charge in [0, 0.05) is 32.7 Å². The van der Waals surface area contributed by atoms with Crippen LogP contribution in [0.3, 0.4) is 0 Å². The van der Waals surface area contributed by atoms with Crippen molar-refractivity contribution in [3.05, 3.63) is 0 Å². The standard InChI is InChI=1S/C13H24N2O4/c1-10(12(16)17)4-3-6-14-13(18)15-7-5-11(8-15)9-19-2/h10-11H,3-9H2,1-2H3,(H,14,18)(H,16,17). The number of ether oxygens (including phenoxy) is 1. The second-order valence-electron chi connectivity index (χ2n) is 5.17. The highest BCUT2D eigenvalue weighted by atomic mass is 16.5. The van der Waals surface area contributed by atoms with Gasteiger partial charge in [-0.25, -0.2) is 4.79 Å². The van der Waals surface area contributed by atoms with Gasteiger partial charge in [0.2, 0.25) is 0 Å². The summed E-state index contributed by atoms with van der Waals surface area (Å²) in [5, 5.41) is 11.6. The first kappa shape index (κ1) is 15.8. The summed E-state index contributed by atoms with van der Waals surface area (Å²) in [5.41, 5.74) is 0. The van der Waals surface area contributed by atoms with Gasteiger partial charge in [0.05, 0.1) is 12.5 Å². The molecule has 110 valence electrons. The van der Waals surface area contributed by atoms with Crippen molar-refractivity contribution < 1.29 is 19.4 Å². The molecule has 19 heavy (non-hydrogen) atoms. The second kappa shape index (κ2) is 7.99. The Kier molecular flexibility index (Phi) is 6.62. The molecule has 1 aliphatic rings. The summed E-state index contributed by atoms with van der Waals surface area (Å²) in [6.45, 7) is 4.42. The molecule has 1 aliphatic heterocycles. The van der Waals surface area contributed by atoms with Gasteiger partial charge >= 0.3 is 12.0 Å². The third-order valence-corrected chi connectivity index (χ3v) is 3.49. The van der Waals surface area contributed by atoms with Gasteiger partial charge in [-0.15, -0.1) is 0 Å². The molecule has 0 aliphatic carbocycles. The highest BCUT2D eigenvalue weighted by Gasteiger charge is 2.25. The van der Waals surface area contributed by atoms with Gasteiger partial charge in [-0.1, -0.05) is 6.92 Å². The fourth-order valence-electron chi connectivity index (χ4n) is 2.23. The molecular formula is C13H24N2O4. The average Bonchev–Trinajstić information content (AvgIpc) is 2.83. The zero-order valence-electron chi connectivity index (χ0n) is 11.7. The Labute approximate surface area is 114 Å². The van der Waals surface area contributed by atoms with Gasteiger partial charge in [0.25, 0.3) is 0 Å². The van der Waals surface area contributed by atoms with Crippen LogP contribution < -0.4 is 5.32 Å². The van der Waals surface area contributed by atoms with Crippen LogP contribution in [-0.4, -0.2) is 55.4 Å². The van der Waals surface area contributed by atoms with Crippen LogP contribution in [0.1, 0.15) is 26.2 Å². The summed E-state index contributed by atoms with van der Waals surface area (Å²) in [4.78, 5) is 24.3. The molecule has 0 aromatic rings. The number of rotatable bonds is 7. The Hall–Kier alpha value is -1.30. The zero-order chi connectivity index (χ0) is 14.3. The van der Waals surface area contributed by atoms with Crippen molar-refractivity contribution in [3.63, 3.8) is 0 Å². The second-order valence-corrected chi connectivity index (χ2v) is 5.17. The maximum atomic E-state index is 11.8. The van der Waals surface area contributed by atoms with Gasteiger partial charge in [-0.05, 0) is 19.3 Å². The molecule has 1 saturated heterocycles. The number of nitrogens with zero attached hydrogens (tertiary/aromatic N) is 1. The van der Waals surface area contributed by atoms with Crippen molar-refractivity contribution in [3.8, 4) is 0 Å². The maximum Gasteiger partial charge on any atom is 0.317 e. The number of carbonyl (C=O) groups excluding carboxylic acids is 1. The molecule has 6 heteroatoms. The van der Waals surface area contributed by atoms with E-state index in [0.29, 0.717) is 31.9 Å². The number of likely N-dealkylation sites (tertiary alicyclic amines) is 1. The van der Waals surface area contributed by atoms with E-state index >= 15 is 0 Å². The highest BCUT2D eigenvalue weighted by molar-refractivity contribution is 5.74. The van der Waals surface area contributed by atoms with Gasteiger partial charge in [-0.2, -0.15) is 0 Å². The van der Waals surface area contributed by atoms with E-state index in [2.05, 4.69) is 5.32 Å². The molecule has 2 unspecified atom stereocenters. The van der Waals surface area contributed by atoms with Crippen molar-refractivity contribution >= 4 is 12.0 Å². The first-order valence-corrected chi connectivity index (χ1v) is 6.79. The van der Waals surface area contributed by atoms with E-state index in [1.54, 1.807) is 18.9 Å². The number of urea groups is 1. The molecule has 1 heterocycles. The number of nitrogens with one attached hydrogen (secondary N) is 1. The third kappa shape index (κ3) is 5.46. The third-order valence-electron chi connectivity index (χ3n) is 3.49. The van der Waals surface area contributed by atoms with E-state index in [9.17, 15) is 9.59 Å². The molecule has 2 N–H and O–H groups in total. The van der Waals surface area contributed by atoms with E-state index in [4.69, 9.17) is 9.84 Å². The van der Waals surface area contributed by atoms with E-state index in [1.165, 1.54) is 0 Å².